The Balaban J connectivity index is 1.58. The molecule has 0 amide bonds. The number of hydrogen-bond donors (Lipinski definition) is 2. The summed E-state index contributed by atoms with van der Waals surface area (Å²) in [4.78, 5) is 8.57. The number of nitrogens with one attached hydrogen (secondary N) is 2. The van der Waals surface area contributed by atoms with Gasteiger partial charge in [-0.3, -0.25) is 4.99 Å². The van der Waals surface area contributed by atoms with Gasteiger partial charge in [-0.15, -0.1) is 0 Å². The van der Waals surface area contributed by atoms with Gasteiger partial charge in [0, 0.05) is 17.6 Å². The van der Waals surface area contributed by atoms with E-state index in [1.54, 1.807) is 19.2 Å². The van der Waals surface area contributed by atoms with Crippen LogP contribution in [0.25, 0.3) is 11.4 Å². The molecule has 2 N–H and O–H groups in total. The van der Waals surface area contributed by atoms with Crippen molar-refractivity contribution in [2.75, 3.05) is 7.05 Å². The first-order chi connectivity index (χ1) is 12.5. The van der Waals surface area contributed by atoms with Crippen molar-refractivity contribution in [3.63, 3.8) is 0 Å². The number of nitrogens with zero attached hydrogens (tertiary/aromatic N) is 3. The molecule has 0 fully saturated rings. The van der Waals surface area contributed by atoms with Crippen molar-refractivity contribution in [2.24, 2.45) is 4.99 Å². The summed E-state index contributed by atoms with van der Waals surface area (Å²) < 4.78 is 10.9. The van der Waals surface area contributed by atoms with Crippen LogP contribution in [-0.4, -0.2) is 23.1 Å². The van der Waals surface area contributed by atoms with Gasteiger partial charge in [-0.1, -0.05) is 16.8 Å². The maximum atomic E-state index is 5.89. The number of rotatable bonds is 5. The van der Waals surface area contributed by atoms with Crippen molar-refractivity contribution >= 4 is 17.6 Å². The van der Waals surface area contributed by atoms with Crippen LogP contribution in [0.3, 0.4) is 0 Å². The fourth-order valence-electron chi connectivity index (χ4n) is 2.36. The van der Waals surface area contributed by atoms with Crippen LogP contribution >= 0.6 is 11.6 Å². The third-order valence-electron chi connectivity index (χ3n) is 3.74. The lowest BCUT2D eigenvalue weighted by molar-refractivity contribution is 0.374. The normalized spacial score (nSPS) is 12.8. The maximum absolute atomic E-state index is 5.89. The molecule has 0 radical (unpaired) electrons. The second-order valence-electron chi connectivity index (χ2n) is 5.76. The van der Waals surface area contributed by atoms with Gasteiger partial charge in [-0.25, -0.2) is 0 Å². The largest absolute Gasteiger partial charge is 0.464 e. The summed E-state index contributed by atoms with van der Waals surface area (Å²) in [5.74, 6) is 3.29. The summed E-state index contributed by atoms with van der Waals surface area (Å²) in [7, 11) is 1.70. The van der Waals surface area contributed by atoms with Gasteiger partial charge >= 0.3 is 0 Å². The number of aliphatic imine (C=N–C) groups is 1. The fraction of sp³-hybridized carbons (Fsp3) is 0.278. The minimum Gasteiger partial charge on any atom is -0.464 e. The zero-order chi connectivity index (χ0) is 18.5. The maximum Gasteiger partial charge on any atom is 0.246 e. The van der Waals surface area contributed by atoms with Gasteiger partial charge in [0.25, 0.3) is 0 Å². The lowest BCUT2D eigenvalue weighted by Gasteiger charge is -2.15. The van der Waals surface area contributed by atoms with Crippen molar-refractivity contribution in [1.29, 1.82) is 0 Å². The molecule has 8 heteroatoms. The van der Waals surface area contributed by atoms with E-state index in [2.05, 4.69) is 25.8 Å². The van der Waals surface area contributed by atoms with E-state index in [4.69, 9.17) is 20.5 Å². The number of benzene rings is 1. The average Bonchev–Trinajstić information content (AvgIpc) is 3.28. The smallest absolute Gasteiger partial charge is 0.246 e. The van der Waals surface area contributed by atoms with E-state index >= 15 is 0 Å². The third kappa shape index (κ3) is 4.43. The van der Waals surface area contributed by atoms with Gasteiger partial charge in [-0.05, 0) is 50.2 Å². The number of guanidine groups is 1. The minimum atomic E-state index is -0.0257. The van der Waals surface area contributed by atoms with Crippen molar-refractivity contribution in [2.45, 2.75) is 26.4 Å². The highest BCUT2D eigenvalue weighted by molar-refractivity contribution is 6.30. The van der Waals surface area contributed by atoms with Crippen LogP contribution in [0.1, 0.15) is 30.4 Å². The quantitative estimate of drug-likeness (QED) is 0.523. The molecule has 0 bridgehead atoms. The lowest BCUT2D eigenvalue weighted by Crippen LogP contribution is -2.38. The number of halogens is 1. The Labute approximate surface area is 156 Å². The molecule has 0 saturated carbocycles. The molecule has 3 aromatic rings. The van der Waals surface area contributed by atoms with Gasteiger partial charge in [-0.2, -0.15) is 4.98 Å². The van der Waals surface area contributed by atoms with Crippen molar-refractivity contribution in [1.82, 2.24) is 20.8 Å². The van der Waals surface area contributed by atoms with Crippen molar-refractivity contribution < 1.29 is 8.94 Å². The molecule has 0 aliphatic heterocycles. The Hall–Kier alpha value is -2.80. The standard InChI is InChI=1S/C18H20ClN5O2/c1-11-4-9-15(25-11)12(2)22-18(20-3)21-10-16-23-17(24-26-16)13-5-7-14(19)8-6-13/h4-9,12H,10H2,1-3H3,(H2,20,21,22). The van der Waals surface area contributed by atoms with E-state index in [0.717, 1.165) is 17.1 Å². The second-order valence-corrected chi connectivity index (χ2v) is 6.20. The average molecular weight is 374 g/mol. The van der Waals surface area contributed by atoms with Crippen molar-refractivity contribution in [3.05, 3.63) is 58.8 Å². The zero-order valence-electron chi connectivity index (χ0n) is 14.8. The van der Waals surface area contributed by atoms with Crippen LogP contribution in [0.15, 0.2) is 50.3 Å². The van der Waals surface area contributed by atoms with E-state index in [-0.39, 0.29) is 6.04 Å². The Morgan fingerprint density at radius 1 is 1.23 bits per heavy atom. The molecule has 0 saturated heterocycles. The van der Waals surface area contributed by atoms with Gasteiger partial charge in [0.2, 0.25) is 11.7 Å². The first-order valence-electron chi connectivity index (χ1n) is 8.17. The number of furan rings is 1. The Bertz CT molecular complexity index is 885. The number of aryl methyl sites for hydroxylation is 1. The topological polar surface area (TPSA) is 88.5 Å². The van der Waals surface area contributed by atoms with Gasteiger partial charge in [0.1, 0.15) is 11.5 Å². The van der Waals surface area contributed by atoms with Crippen LogP contribution in [0.4, 0.5) is 0 Å². The van der Waals surface area contributed by atoms with E-state index in [1.807, 2.05) is 38.1 Å². The predicted molar refractivity (Wildman–Crippen MR) is 99.9 cm³/mol. The van der Waals surface area contributed by atoms with E-state index in [0.29, 0.717) is 29.2 Å². The highest BCUT2D eigenvalue weighted by Gasteiger charge is 2.13. The zero-order valence-corrected chi connectivity index (χ0v) is 15.5. The van der Waals surface area contributed by atoms with E-state index in [9.17, 15) is 0 Å². The molecular formula is C18H20ClN5O2. The molecule has 0 aliphatic rings. The summed E-state index contributed by atoms with van der Waals surface area (Å²) >= 11 is 5.89. The van der Waals surface area contributed by atoms with Crippen molar-refractivity contribution in [3.8, 4) is 11.4 Å². The number of aromatic nitrogens is 2. The molecule has 0 aliphatic carbocycles. The molecule has 136 valence electrons. The molecule has 7 nitrogen and oxygen atoms in total. The summed E-state index contributed by atoms with van der Waals surface area (Å²) in [6.45, 7) is 4.26. The third-order valence-corrected chi connectivity index (χ3v) is 3.99. The summed E-state index contributed by atoms with van der Waals surface area (Å²) in [5, 5.41) is 11.0. The Kier molecular flexibility index (Phi) is 5.58. The molecule has 26 heavy (non-hydrogen) atoms. The molecule has 1 atom stereocenters. The van der Waals surface area contributed by atoms with E-state index < -0.39 is 0 Å². The molecular weight excluding hydrogens is 354 g/mol. The Morgan fingerprint density at radius 3 is 2.65 bits per heavy atom. The second kappa shape index (κ2) is 8.05. The number of hydrogen-bond acceptors (Lipinski definition) is 5. The van der Waals surface area contributed by atoms with Gasteiger partial charge < -0.3 is 19.6 Å². The fourth-order valence-corrected chi connectivity index (χ4v) is 2.49. The van der Waals surface area contributed by atoms with Crippen LogP contribution in [0.5, 0.6) is 0 Å². The summed E-state index contributed by atoms with van der Waals surface area (Å²) in [6.07, 6.45) is 0. The first kappa shape index (κ1) is 18.0. The molecule has 1 aromatic carbocycles. The highest BCUT2D eigenvalue weighted by Crippen LogP contribution is 2.18. The Morgan fingerprint density at radius 2 is 2.00 bits per heavy atom. The summed E-state index contributed by atoms with van der Waals surface area (Å²) in [5.41, 5.74) is 0.841. The van der Waals surface area contributed by atoms with Crippen LogP contribution in [-0.2, 0) is 6.54 Å². The molecule has 3 rings (SSSR count). The molecule has 2 heterocycles. The molecule has 0 spiro atoms. The van der Waals surface area contributed by atoms with Gasteiger partial charge in [0.05, 0.1) is 12.6 Å². The summed E-state index contributed by atoms with van der Waals surface area (Å²) in [6, 6.07) is 11.1. The minimum absolute atomic E-state index is 0.0257. The van der Waals surface area contributed by atoms with Gasteiger partial charge in [0.15, 0.2) is 5.96 Å². The lowest BCUT2D eigenvalue weighted by atomic mass is 10.2. The highest BCUT2D eigenvalue weighted by atomic mass is 35.5. The van der Waals surface area contributed by atoms with Crippen LogP contribution in [0, 0.1) is 6.92 Å². The van der Waals surface area contributed by atoms with E-state index in [1.165, 1.54) is 0 Å². The molecule has 1 unspecified atom stereocenters. The molecule has 2 aromatic heterocycles. The van der Waals surface area contributed by atoms with Crippen LogP contribution in [0.2, 0.25) is 5.02 Å². The predicted octanol–water partition coefficient (Wildman–Crippen LogP) is 3.72. The first-order valence-corrected chi connectivity index (χ1v) is 8.55. The SMILES string of the molecule is CN=C(NCc1nc(-c2ccc(Cl)cc2)no1)NC(C)c1ccc(C)o1. The van der Waals surface area contributed by atoms with Crippen LogP contribution < -0.4 is 10.6 Å². The monoisotopic (exact) mass is 373 g/mol.